The number of hydrogen-bond donors (Lipinski definition) is 1. The molecule has 3 saturated heterocycles. The van der Waals surface area contributed by atoms with Gasteiger partial charge in [0.05, 0.1) is 5.52 Å². The van der Waals surface area contributed by atoms with E-state index in [-0.39, 0.29) is 0 Å². The van der Waals surface area contributed by atoms with Gasteiger partial charge in [-0.05, 0) is 19.1 Å². The minimum atomic E-state index is 0.599. The van der Waals surface area contributed by atoms with Crippen LogP contribution in [0.4, 0.5) is 5.82 Å². The van der Waals surface area contributed by atoms with Crippen molar-refractivity contribution < 1.29 is 0 Å². The van der Waals surface area contributed by atoms with Crippen molar-refractivity contribution in [3.63, 3.8) is 0 Å². The van der Waals surface area contributed by atoms with Crippen molar-refractivity contribution in [1.82, 2.24) is 19.8 Å². The summed E-state index contributed by atoms with van der Waals surface area (Å²) in [7, 11) is 0. The van der Waals surface area contributed by atoms with Crippen molar-refractivity contribution in [3.05, 3.63) is 30.1 Å². The van der Waals surface area contributed by atoms with Crippen LogP contribution in [0.5, 0.6) is 0 Å². The molecule has 0 saturated carbocycles. The second kappa shape index (κ2) is 5.24. The molecule has 2 aromatic rings. The maximum Gasteiger partial charge on any atom is 0.137 e. The molecule has 1 unspecified atom stereocenters. The molecule has 2 bridgehead atoms. The first-order chi connectivity index (χ1) is 10.3. The van der Waals surface area contributed by atoms with Gasteiger partial charge in [0.2, 0.25) is 0 Å². The Morgan fingerprint density at radius 1 is 1.19 bits per heavy atom. The van der Waals surface area contributed by atoms with Gasteiger partial charge in [-0.2, -0.15) is 0 Å². The standard InChI is InChI=1S/C16H21N5/c1-12-2-3-15-14(8-12)16(19-11-18-15)17-9-13-10-20-4-6-21(13)7-5-20/h2-3,8,11,13H,4-7,9-10H2,1H3,(H,17,18,19). The van der Waals surface area contributed by atoms with Crippen LogP contribution in [0.1, 0.15) is 5.56 Å². The first-order valence-electron chi connectivity index (χ1n) is 7.71. The summed E-state index contributed by atoms with van der Waals surface area (Å²) in [5, 5.41) is 4.67. The van der Waals surface area contributed by atoms with Crippen molar-refractivity contribution in [2.75, 3.05) is 44.6 Å². The van der Waals surface area contributed by atoms with Gasteiger partial charge in [-0.3, -0.25) is 9.80 Å². The SMILES string of the molecule is Cc1ccc2ncnc(NCC3CN4CCN3CC4)c2c1. The van der Waals surface area contributed by atoms with E-state index in [4.69, 9.17) is 0 Å². The van der Waals surface area contributed by atoms with Crippen LogP contribution in [0.25, 0.3) is 10.9 Å². The Morgan fingerprint density at radius 3 is 2.81 bits per heavy atom. The van der Waals surface area contributed by atoms with E-state index in [2.05, 4.69) is 50.2 Å². The molecule has 0 radical (unpaired) electrons. The fraction of sp³-hybridized carbons (Fsp3) is 0.500. The van der Waals surface area contributed by atoms with Gasteiger partial charge in [-0.1, -0.05) is 11.6 Å². The molecule has 4 heterocycles. The van der Waals surface area contributed by atoms with Crippen molar-refractivity contribution in [2.45, 2.75) is 13.0 Å². The highest BCUT2D eigenvalue weighted by molar-refractivity contribution is 5.89. The summed E-state index contributed by atoms with van der Waals surface area (Å²) in [4.78, 5) is 13.9. The van der Waals surface area contributed by atoms with E-state index in [1.165, 1.54) is 38.3 Å². The average molecular weight is 283 g/mol. The zero-order valence-electron chi connectivity index (χ0n) is 12.4. The highest BCUT2D eigenvalue weighted by Gasteiger charge is 2.31. The van der Waals surface area contributed by atoms with Gasteiger partial charge in [0, 0.05) is 50.7 Å². The van der Waals surface area contributed by atoms with Crippen molar-refractivity contribution in [2.24, 2.45) is 0 Å². The third kappa shape index (κ3) is 2.47. The van der Waals surface area contributed by atoms with Gasteiger partial charge in [0.25, 0.3) is 0 Å². The predicted molar refractivity (Wildman–Crippen MR) is 84.6 cm³/mol. The zero-order valence-corrected chi connectivity index (χ0v) is 12.4. The number of benzene rings is 1. The van der Waals surface area contributed by atoms with E-state index in [1.807, 2.05) is 0 Å². The van der Waals surface area contributed by atoms with Crippen LogP contribution in [0.3, 0.4) is 0 Å². The number of piperazine rings is 3. The van der Waals surface area contributed by atoms with Crippen LogP contribution in [-0.2, 0) is 0 Å². The van der Waals surface area contributed by atoms with Crippen LogP contribution >= 0.6 is 0 Å². The van der Waals surface area contributed by atoms with E-state index >= 15 is 0 Å². The molecule has 0 amide bonds. The molecule has 5 heteroatoms. The van der Waals surface area contributed by atoms with Crippen molar-refractivity contribution in [1.29, 1.82) is 0 Å². The molecule has 1 N–H and O–H groups in total. The third-order valence-electron chi connectivity index (χ3n) is 4.69. The number of aromatic nitrogens is 2. The molecule has 21 heavy (non-hydrogen) atoms. The van der Waals surface area contributed by atoms with Gasteiger partial charge in [0.1, 0.15) is 12.1 Å². The Balaban J connectivity index is 1.53. The first kappa shape index (κ1) is 13.0. The molecule has 3 aliphatic heterocycles. The number of hydrogen-bond acceptors (Lipinski definition) is 5. The summed E-state index contributed by atoms with van der Waals surface area (Å²) < 4.78 is 0. The topological polar surface area (TPSA) is 44.3 Å². The lowest BCUT2D eigenvalue weighted by molar-refractivity contribution is 0.0189. The highest BCUT2D eigenvalue weighted by atomic mass is 15.3. The van der Waals surface area contributed by atoms with Crippen LogP contribution in [0, 0.1) is 6.92 Å². The maximum atomic E-state index is 4.44. The largest absolute Gasteiger partial charge is 0.368 e. The number of aryl methyl sites for hydroxylation is 1. The molecule has 1 atom stereocenters. The summed E-state index contributed by atoms with van der Waals surface area (Å²) in [6, 6.07) is 6.92. The van der Waals surface area contributed by atoms with Crippen LogP contribution < -0.4 is 5.32 Å². The van der Waals surface area contributed by atoms with Gasteiger partial charge < -0.3 is 5.32 Å². The second-order valence-corrected chi connectivity index (χ2v) is 6.11. The third-order valence-corrected chi connectivity index (χ3v) is 4.69. The molecule has 0 spiro atoms. The van der Waals surface area contributed by atoms with E-state index in [0.29, 0.717) is 6.04 Å². The Bertz CT molecular complexity index is 648. The Labute approximate surface area is 125 Å². The molecule has 5 rings (SSSR count). The normalized spacial score (nSPS) is 28.0. The number of rotatable bonds is 3. The average Bonchev–Trinajstić information content (AvgIpc) is 2.54. The second-order valence-electron chi connectivity index (χ2n) is 6.11. The van der Waals surface area contributed by atoms with Gasteiger partial charge in [0.15, 0.2) is 0 Å². The van der Waals surface area contributed by atoms with Gasteiger partial charge in [-0.15, -0.1) is 0 Å². The smallest absolute Gasteiger partial charge is 0.137 e. The van der Waals surface area contributed by atoms with E-state index in [0.717, 1.165) is 23.3 Å². The Hall–Kier alpha value is -1.72. The molecular weight excluding hydrogens is 262 g/mol. The number of anilines is 1. The zero-order chi connectivity index (χ0) is 14.2. The lowest BCUT2D eigenvalue weighted by atomic mass is 10.1. The molecule has 1 aromatic heterocycles. The molecule has 5 nitrogen and oxygen atoms in total. The molecule has 1 aromatic carbocycles. The molecule has 3 aliphatic rings. The summed E-state index contributed by atoms with van der Waals surface area (Å²) >= 11 is 0. The summed E-state index contributed by atoms with van der Waals surface area (Å²) in [5.41, 5.74) is 2.25. The van der Waals surface area contributed by atoms with Crippen LogP contribution in [0.15, 0.2) is 24.5 Å². The summed E-state index contributed by atoms with van der Waals surface area (Å²) in [6.07, 6.45) is 1.65. The molecule has 3 fully saturated rings. The lowest BCUT2D eigenvalue weighted by Gasteiger charge is -2.47. The molecule has 110 valence electrons. The van der Waals surface area contributed by atoms with E-state index < -0.39 is 0 Å². The fourth-order valence-corrected chi connectivity index (χ4v) is 3.44. The molecular formula is C16H21N5. The van der Waals surface area contributed by atoms with E-state index in [9.17, 15) is 0 Å². The Morgan fingerprint density at radius 2 is 2.05 bits per heavy atom. The number of nitrogens with zero attached hydrogens (tertiary/aromatic N) is 4. The van der Waals surface area contributed by atoms with Crippen molar-refractivity contribution >= 4 is 16.7 Å². The number of fused-ring (bicyclic) bond motifs is 4. The Kier molecular flexibility index (Phi) is 3.24. The highest BCUT2D eigenvalue weighted by Crippen LogP contribution is 2.21. The molecule has 0 aliphatic carbocycles. The summed E-state index contributed by atoms with van der Waals surface area (Å²) in [5.74, 6) is 0.960. The minimum Gasteiger partial charge on any atom is -0.368 e. The van der Waals surface area contributed by atoms with Gasteiger partial charge >= 0.3 is 0 Å². The lowest BCUT2D eigenvalue weighted by Crippen LogP contribution is -2.62. The van der Waals surface area contributed by atoms with Crippen LogP contribution in [0.2, 0.25) is 0 Å². The van der Waals surface area contributed by atoms with E-state index in [1.54, 1.807) is 6.33 Å². The van der Waals surface area contributed by atoms with Crippen LogP contribution in [-0.4, -0.2) is 65.1 Å². The monoisotopic (exact) mass is 283 g/mol. The first-order valence-corrected chi connectivity index (χ1v) is 7.71. The number of nitrogens with one attached hydrogen (secondary N) is 1. The van der Waals surface area contributed by atoms with Crippen molar-refractivity contribution in [3.8, 4) is 0 Å². The maximum absolute atomic E-state index is 4.44. The summed E-state index contributed by atoms with van der Waals surface area (Å²) in [6.45, 7) is 9.10. The predicted octanol–water partition coefficient (Wildman–Crippen LogP) is 1.35. The fourth-order valence-electron chi connectivity index (χ4n) is 3.44. The van der Waals surface area contributed by atoms with Gasteiger partial charge in [-0.25, -0.2) is 9.97 Å². The minimum absolute atomic E-state index is 0.599. The quantitative estimate of drug-likeness (QED) is 0.921.